The second kappa shape index (κ2) is 12.8. The number of thiophene rings is 1. The van der Waals surface area contributed by atoms with Crippen LogP contribution in [0.25, 0.3) is 0 Å². The van der Waals surface area contributed by atoms with Gasteiger partial charge in [-0.3, -0.25) is 9.52 Å². The molecule has 2 aromatic rings. The first-order valence-electron chi connectivity index (χ1n) is 9.31. The van der Waals surface area contributed by atoms with E-state index in [0.29, 0.717) is 13.2 Å². The first-order chi connectivity index (χ1) is 13.4. The van der Waals surface area contributed by atoms with Gasteiger partial charge in [0.15, 0.2) is 0 Å². The highest BCUT2D eigenvalue weighted by atomic mass is 35.5. The summed E-state index contributed by atoms with van der Waals surface area (Å²) in [7, 11) is -3.49. The van der Waals surface area contributed by atoms with Crippen LogP contribution >= 0.6 is 23.7 Å². The minimum absolute atomic E-state index is 0. The topological polar surface area (TPSA) is 75.7 Å². The van der Waals surface area contributed by atoms with E-state index in [9.17, 15) is 13.2 Å². The number of rotatable bonds is 12. The van der Waals surface area contributed by atoms with Crippen LogP contribution in [0.3, 0.4) is 0 Å². The van der Waals surface area contributed by atoms with Crippen LogP contribution in [0.15, 0.2) is 41.1 Å². The summed E-state index contributed by atoms with van der Waals surface area (Å²) in [6.45, 7) is 4.72. The first-order valence-corrected chi connectivity index (χ1v) is 12.1. The second-order valence-corrected chi connectivity index (χ2v) is 9.16. The molecule has 2 rings (SSSR count). The summed E-state index contributed by atoms with van der Waals surface area (Å²) >= 11 is 1.71. The molecule has 0 aliphatic heterocycles. The van der Waals surface area contributed by atoms with E-state index in [1.807, 2.05) is 23.8 Å². The Morgan fingerprint density at radius 3 is 2.45 bits per heavy atom. The van der Waals surface area contributed by atoms with E-state index in [2.05, 4.69) is 33.9 Å². The number of hydrogen-bond donors (Lipinski definition) is 1. The van der Waals surface area contributed by atoms with Gasteiger partial charge in [-0.15, -0.1) is 12.4 Å². The fourth-order valence-corrected chi connectivity index (χ4v) is 3.94. The van der Waals surface area contributed by atoms with Gasteiger partial charge in [0.05, 0.1) is 12.9 Å². The van der Waals surface area contributed by atoms with E-state index in [4.69, 9.17) is 4.74 Å². The van der Waals surface area contributed by atoms with Gasteiger partial charge in [0, 0.05) is 19.5 Å². The average Bonchev–Trinajstić information content (AvgIpc) is 3.14. The quantitative estimate of drug-likeness (QED) is 0.492. The third kappa shape index (κ3) is 10.7. The standard InChI is InChI=1S/C20H28N2O4S2.ClH/c1-3-22(12-9-20(23)21-28(2,24)25)11-4-13-26-19-7-5-17(6-8-19)15-18-10-14-27-16-18;/h5-8,10,14,16H,3-4,9,11-13,15H2,1-2H3,(H,21,23);1H. The normalized spacial score (nSPS) is 11.1. The highest BCUT2D eigenvalue weighted by Gasteiger charge is 2.10. The van der Waals surface area contributed by atoms with Crippen molar-refractivity contribution in [2.75, 3.05) is 32.5 Å². The van der Waals surface area contributed by atoms with Crippen LogP contribution in [0.5, 0.6) is 5.75 Å². The Kier molecular flexibility index (Phi) is 11.3. The summed E-state index contributed by atoms with van der Waals surface area (Å²) in [6, 6.07) is 10.3. The summed E-state index contributed by atoms with van der Waals surface area (Å²) in [5.74, 6) is 0.379. The molecule has 6 nitrogen and oxygen atoms in total. The molecule has 1 N–H and O–H groups in total. The molecule has 162 valence electrons. The molecule has 0 bridgehead atoms. The second-order valence-electron chi connectivity index (χ2n) is 6.64. The number of nitrogens with zero attached hydrogens (tertiary/aromatic N) is 1. The van der Waals surface area contributed by atoms with Crippen LogP contribution in [-0.2, 0) is 21.2 Å². The van der Waals surface area contributed by atoms with Crippen molar-refractivity contribution in [3.63, 3.8) is 0 Å². The smallest absolute Gasteiger partial charge is 0.234 e. The lowest BCUT2D eigenvalue weighted by atomic mass is 10.1. The van der Waals surface area contributed by atoms with Crippen molar-refractivity contribution in [2.45, 2.75) is 26.2 Å². The van der Waals surface area contributed by atoms with Crippen LogP contribution in [0.2, 0.25) is 0 Å². The maximum Gasteiger partial charge on any atom is 0.234 e. The van der Waals surface area contributed by atoms with Crippen LogP contribution in [0.4, 0.5) is 0 Å². The van der Waals surface area contributed by atoms with Gasteiger partial charge < -0.3 is 9.64 Å². The van der Waals surface area contributed by atoms with Gasteiger partial charge in [0.1, 0.15) is 5.75 Å². The number of hydrogen-bond acceptors (Lipinski definition) is 6. The SMILES string of the molecule is CCN(CCCOc1ccc(Cc2ccsc2)cc1)CCC(=O)NS(C)(=O)=O.Cl. The average molecular weight is 461 g/mol. The summed E-state index contributed by atoms with van der Waals surface area (Å²) < 4.78 is 29.9. The summed E-state index contributed by atoms with van der Waals surface area (Å²) in [5, 5.41) is 4.25. The Morgan fingerprint density at radius 2 is 1.86 bits per heavy atom. The molecule has 1 aromatic carbocycles. The summed E-state index contributed by atoms with van der Waals surface area (Å²) in [6.07, 6.45) is 2.90. The Labute approximate surface area is 183 Å². The lowest BCUT2D eigenvalue weighted by molar-refractivity contribution is -0.119. The van der Waals surface area contributed by atoms with E-state index in [1.54, 1.807) is 11.3 Å². The Balaban J connectivity index is 0.00000420. The Bertz CT molecular complexity index is 825. The van der Waals surface area contributed by atoms with Gasteiger partial charge in [-0.05, 0) is 59.5 Å². The minimum Gasteiger partial charge on any atom is -0.494 e. The van der Waals surface area contributed by atoms with Crippen molar-refractivity contribution in [2.24, 2.45) is 0 Å². The van der Waals surface area contributed by atoms with Gasteiger partial charge in [0.2, 0.25) is 15.9 Å². The molecule has 1 heterocycles. The van der Waals surface area contributed by atoms with E-state index in [-0.39, 0.29) is 18.8 Å². The number of carbonyl (C=O) groups is 1. The molecule has 0 saturated carbocycles. The largest absolute Gasteiger partial charge is 0.494 e. The van der Waals surface area contributed by atoms with E-state index in [1.165, 1.54) is 11.1 Å². The van der Waals surface area contributed by atoms with E-state index in [0.717, 1.165) is 37.9 Å². The summed E-state index contributed by atoms with van der Waals surface area (Å²) in [4.78, 5) is 13.7. The molecule has 0 saturated heterocycles. The van der Waals surface area contributed by atoms with Crippen LogP contribution in [-0.4, -0.2) is 51.7 Å². The van der Waals surface area contributed by atoms with E-state index < -0.39 is 15.9 Å². The van der Waals surface area contributed by atoms with Gasteiger partial charge in [-0.25, -0.2) is 8.42 Å². The predicted molar refractivity (Wildman–Crippen MR) is 121 cm³/mol. The predicted octanol–water partition coefficient (Wildman–Crippen LogP) is 3.32. The van der Waals surface area contributed by atoms with Crippen molar-refractivity contribution < 1.29 is 17.9 Å². The maximum absolute atomic E-state index is 11.6. The van der Waals surface area contributed by atoms with Crippen molar-refractivity contribution in [3.8, 4) is 5.75 Å². The monoisotopic (exact) mass is 460 g/mol. The van der Waals surface area contributed by atoms with Crippen LogP contribution < -0.4 is 9.46 Å². The fraction of sp³-hybridized carbons (Fsp3) is 0.450. The molecule has 0 radical (unpaired) electrons. The Hall–Kier alpha value is -1.61. The molecule has 29 heavy (non-hydrogen) atoms. The zero-order valence-corrected chi connectivity index (χ0v) is 19.2. The van der Waals surface area contributed by atoms with Crippen molar-refractivity contribution in [1.82, 2.24) is 9.62 Å². The molecule has 1 aromatic heterocycles. The zero-order chi connectivity index (χ0) is 20.4. The number of carbonyl (C=O) groups excluding carboxylic acids is 1. The molecule has 1 amide bonds. The van der Waals surface area contributed by atoms with Gasteiger partial charge in [-0.2, -0.15) is 11.3 Å². The van der Waals surface area contributed by atoms with E-state index >= 15 is 0 Å². The third-order valence-corrected chi connectivity index (χ3v) is 5.53. The highest BCUT2D eigenvalue weighted by molar-refractivity contribution is 7.89. The molecular weight excluding hydrogens is 432 g/mol. The molecule has 0 fully saturated rings. The van der Waals surface area contributed by atoms with Crippen molar-refractivity contribution >= 4 is 39.7 Å². The Morgan fingerprint density at radius 1 is 1.14 bits per heavy atom. The molecule has 0 aliphatic rings. The van der Waals surface area contributed by atoms with Crippen molar-refractivity contribution in [3.05, 3.63) is 52.2 Å². The lowest BCUT2D eigenvalue weighted by Crippen LogP contribution is -2.34. The van der Waals surface area contributed by atoms with Crippen LogP contribution in [0.1, 0.15) is 30.9 Å². The van der Waals surface area contributed by atoms with Crippen LogP contribution in [0, 0.1) is 0 Å². The molecule has 0 aliphatic carbocycles. The number of amides is 1. The molecule has 0 atom stereocenters. The van der Waals surface area contributed by atoms with Gasteiger partial charge >= 0.3 is 0 Å². The highest BCUT2D eigenvalue weighted by Crippen LogP contribution is 2.17. The molecule has 0 spiro atoms. The maximum atomic E-state index is 11.6. The van der Waals surface area contributed by atoms with Gasteiger partial charge in [-0.1, -0.05) is 19.1 Å². The number of ether oxygens (including phenoxy) is 1. The first kappa shape index (κ1) is 25.4. The number of nitrogens with one attached hydrogen (secondary N) is 1. The molecule has 0 unspecified atom stereocenters. The lowest BCUT2D eigenvalue weighted by Gasteiger charge is -2.20. The molecular formula is C20H29ClN2O4S2. The van der Waals surface area contributed by atoms with Gasteiger partial charge in [0.25, 0.3) is 0 Å². The number of benzene rings is 1. The third-order valence-electron chi connectivity index (χ3n) is 4.20. The number of sulfonamides is 1. The summed E-state index contributed by atoms with van der Waals surface area (Å²) in [5.41, 5.74) is 2.58. The fourth-order valence-electron chi connectivity index (χ4n) is 2.76. The zero-order valence-electron chi connectivity index (χ0n) is 16.8. The minimum atomic E-state index is -3.49. The molecule has 9 heteroatoms. The van der Waals surface area contributed by atoms with Crippen molar-refractivity contribution in [1.29, 1.82) is 0 Å². The number of halogens is 1.